The molecule has 0 unspecified atom stereocenters. The molecule has 2 rings (SSSR count). The minimum atomic E-state index is 0.612. The van der Waals surface area contributed by atoms with Crippen LogP contribution in [0.4, 0.5) is 0 Å². The van der Waals surface area contributed by atoms with E-state index in [1.165, 1.54) is 0 Å². The van der Waals surface area contributed by atoms with E-state index in [4.69, 9.17) is 16.0 Å². The van der Waals surface area contributed by atoms with Crippen LogP contribution in [0.25, 0.3) is 11.3 Å². The van der Waals surface area contributed by atoms with Crippen molar-refractivity contribution in [3.63, 3.8) is 0 Å². The molecule has 1 aromatic heterocycles. The number of nitrogens with one attached hydrogen (secondary N) is 1. The van der Waals surface area contributed by atoms with Gasteiger partial charge in [0.25, 0.3) is 0 Å². The smallest absolute Gasteiger partial charge is 0.208 e. The zero-order chi connectivity index (χ0) is 13.8. The highest BCUT2D eigenvalue weighted by Gasteiger charge is 2.11. The summed E-state index contributed by atoms with van der Waals surface area (Å²) in [5, 5.41) is 4.03. The van der Waals surface area contributed by atoms with E-state index in [2.05, 4.69) is 24.1 Å². The predicted molar refractivity (Wildman–Crippen MR) is 78.2 cm³/mol. The maximum atomic E-state index is 6.28. The van der Waals surface area contributed by atoms with Crippen LogP contribution in [0.1, 0.15) is 25.3 Å². The van der Waals surface area contributed by atoms with Gasteiger partial charge in [-0.3, -0.25) is 0 Å². The lowest BCUT2D eigenvalue weighted by molar-refractivity contribution is 0.459. The van der Waals surface area contributed by atoms with Gasteiger partial charge in [0, 0.05) is 5.56 Å². The second kappa shape index (κ2) is 6.22. The molecular weight excluding hydrogens is 260 g/mol. The molecule has 19 heavy (non-hydrogen) atoms. The van der Waals surface area contributed by atoms with Gasteiger partial charge in [0.05, 0.1) is 17.8 Å². The van der Waals surface area contributed by atoms with Crippen LogP contribution in [0.5, 0.6) is 0 Å². The molecule has 0 saturated carbocycles. The Hall–Kier alpha value is -1.32. The fourth-order valence-corrected chi connectivity index (χ4v) is 2.04. The van der Waals surface area contributed by atoms with Gasteiger partial charge in [0.2, 0.25) is 5.89 Å². The van der Waals surface area contributed by atoms with Crippen molar-refractivity contribution in [3.8, 4) is 11.3 Å². The molecule has 0 aliphatic heterocycles. The molecule has 0 spiro atoms. The fraction of sp³-hybridized carbons (Fsp3) is 0.400. The van der Waals surface area contributed by atoms with Crippen LogP contribution in [-0.4, -0.2) is 11.5 Å². The molecule has 102 valence electrons. The van der Waals surface area contributed by atoms with E-state index in [-0.39, 0.29) is 0 Å². The second-order valence-corrected chi connectivity index (χ2v) is 5.46. The first-order valence-electron chi connectivity index (χ1n) is 6.49. The molecule has 4 heteroatoms. The summed E-state index contributed by atoms with van der Waals surface area (Å²) in [5.41, 5.74) is 1.93. The third-order valence-corrected chi connectivity index (χ3v) is 3.34. The molecule has 2 aromatic rings. The van der Waals surface area contributed by atoms with Crippen molar-refractivity contribution in [1.82, 2.24) is 10.3 Å². The lowest BCUT2D eigenvalue weighted by Crippen LogP contribution is -2.18. The van der Waals surface area contributed by atoms with Crippen molar-refractivity contribution < 1.29 is 4.42 Å². The molecule has 0 aliphatic carbocycles. The molecular formula is C15H19ClN2O. The zero-order valence-corrected chi connectivity index (χ0v) is 12.3. The summed E-state index contributed by atoms with van der Waals surface area (Å²) >= 11 is 6.28. The number of nitrogens with zero attached hydrogens (tertiary/aromatic N) is 1. The number of aromatic nitrogens is 1. The van der Waals surface area contributed by atoms with E-state index in [1.54, 1.807) is 6.20 Å². The minimum Gasteiger partial charge on any atom is -0.439 e. The topological polar surface area (TPSA) is 38.1 Å². The maximum Gasteiger partial charge on any atom is 0.208 e. The molecule has 0 fully saturated rings. The average molecular weight is 279 g/mol. The van der Waals surface area contributed by atoms with Crippen molar-refractivity contribution in [3.05, 3.63) is 40.9 Å². The van der Waals surface area contributed by atoms with E-state index in [0.29, 0.717) is 18.4 Å². The van der Waals surface area contributed by atoms with Crippen LogP contribution in [0, 0.1) is 12.8 Å². The lowest BCUT2D eigenvalue weighted by atomic mass is 10.1. The Bertz CT molecular complexity index is 549. The Morgan fingerprint density at radius 2 is 2.16 bits per heavy atom. The number of halogens is 1. The molecule has 3 nitrogen and oxygen atoms in total. The maximum absolute atomic E-state index is 6.28. The van der Waals surface area contributed by atoms with Gasteiger partial charge in [-0.25, -0.2) is 4.98 Å². The Morgan fingerprint density at radius 3 is 2.89 bits per heavy atom. The molecule has 0 radical (unpaired) electrons. The molecule has 1 aromatic carbocycles. The number of oxazole rings is 1. The number of hydrogen-bond acceptors (Lipinski definition) is 3. The predicted octanol–water partition coefficient (Wildman–Crippen LogP) is 4.05. The first-order valence-corrected chi connectivity index (χ1v) is 6.86. The number of rotatable bonds is 5. The third-order valence-electron chi connectivity index (χ3n) is 2.84. The first kappa shape index (κ1) is 14.1. The average Bonchev–Trinajstić information content (AvgIpc) is 2.81. The first-order chi connectivity index (χ1) is 9.08. The second-order valence-electron chi connectivity index (χ2n) is 5.08. The van der Waals surface area contributed by atoms with Crippen LogP contribution in [0.15, 0.2) is 28.8 Å². The van der Waals surface area contributed by atoms with Crippen LogP contribution < -0.4 is 5.32 Å². The summed E-state index contributed by atoms with van der Waals surface area (Å²) in [6.07, 6.45) is 1.73. The van der Waals surface area contributed by atoms with Crippen molar-refractivity contribution >= 4 is 11.6 Å². The van der Waals surface area contributed by atoms with Gasteiger partial charge in [-0.05, 0) is 31.0 Å². The Labute approximate surface area is 119 Å². The Balaban J connectivity index is 2.10. The standard InChI is InChI=1S/C15H19ClN2O/c1-10(2)7-17-9-14-18-8-13(19-14)12-6-4-5-11(3)15(12)16/h4-6,8,10,17H,7,9H2,1-3H3. The monoisotopic (exact) mass is 278 g/mol. The van der Waals surface area contributed by atoms with E-state index >= 15 is 0 Å². The number of aryl methyl sites for hydroxylation is 1. The SMILES string of the molecule is Cc1cccc(-c2cnc(CNCC(C)C)o2)c1Cl. The van der Waals surface area contributed by atoms with Crippen molar-refractivity contribution in [2.45, 2.75) is 27.3 Å². The molecule has 0 saturated heterocycles. The minimum absolute atomic E-state index is 0.612. The third kappa shape index (κ3) is 3.58. The van der Waals surface area contributed by atoms with Crippen molar-refractivity contribution in [1.29, 1.82) is 0 Å². The summed E-state index contributed by atoms with van der Waals surface area (Å²) in [7, 11) is 0. The fourth-order valence-electron chi connectivity index (χ4n) is 1.82. The Morgan fingerprint density at radius 1 is 1.37 bits per heavy atom. The summed E-state index contributed by atoms with van der Waals surface area (Å²) in [6, 6.07) is 5.89. The van der Waals surface area contributed by atoms with Crippen molar-refractivity contribution in [2.24, 2.45) is 5.92 Å². The summed E-state index contributed by atoms with van der Waals surface area (Å²) < 4.78 is 5.73. The zero-order valence-electron chi connectivity index (χ0n) is 11.5. The molecule has 0 bridgehead atoms. The quantitative estimate of drug-likeness (QED) is 0.897. The van der Waals surface area contributed by atoms with Crippen molar-refractivity contribution in [2.75, 3.05) is 6.54 Å². The van der Waals surface area contributed by atoms with E-state index in [9.17, 15) is 0 Å². The molecule has 1 N–H and O–H groups in total. The molecule has 0 amide bonds. The van der Waals surface area contributed by atoms with Gasteiger partial charge in [0.15, 0.2) is 5.76 Å². The van der Waals surface area contributed by atoms with E-state index in [1.807, 2.05) is 25.1 Å². The van der Waals surface area contributed by atoms with Gasteiger partial charge in [-0.15, -0.1) is 0 Å². The molecule has 0 atom stereocenters. The van der Waals surface area contributed by atoms with E-state index < -0.39 is 0 Å². The number of benzene rings is 1. The van der Waals surface area contributed by atoms with Crippen LogP contribution in [0.2, 0.25) is 5.02 Å². The van der Waals surface area contributed by atoms with E-state index in [0.717, 1.165) is 28.5 Å². The highest BCUT2D eigenvalue weighted by atomic mass is 35.5. The van der Waals surface area contributed by atoms with Crippen LogP contribution >= 0.6 is 11.6 Å². The summed E-state index contributed by atoms with van der Waals surface area (Å²) in [6.45, 7) is 7.90. The highest BCUT2D eigenvalue weighted by molar-refractivity contribution is 6.33. The molecule has 1 heterocycles. The van der Waals surface area contributed by atoms with Crippen LogP contribution in [-0.2, 0) is 6.54 Å². The largest absolute Gasteiger partial charge is 0.439 e. The van der Waals surface area contributed by atoms with Gasteiger partial charge in [-0.2, -0.15) is 0 Å². The van der Waals surface area contributed by atoms with Crippen LogP contribution in [0.3, 0.4) is 0 Å². The number of hydrogen-bond donors (Lipinski definition) is 1. The van der Waals surface area contributed by atoms with Gasteiger partial charge < -0.3 is 9.73 Å². The van der Waals surface area contributed by atoms with Gasteiger partial charge in [-0.1, -0.05) is 37.6 Å². The van der Waals surface area contributed by atoms with Gasteiger partial charge in [0.1, 0.15) is 0 Å². The normalized spacial score (nSPS) is 11.2. The van der Waals surface area contributed by atoms with Gasteiger partial charge >= 0.3 is 0 Å². The molecule has 0 aliphatic rings. The highest BCUT2D eigenvalue weighted by Crippen LogP contribution is 2.30. The summed E-state index contributed by atoms with van der Waals surface area (Å²) in [4.78, 5) is 4.27. The summed E-state index contributed by atoms with van der Waals surface area (Å²) in [5.74, 6) is 2.02. The lowest BCUT2D eigenvalue weighted by Gasteiger charge is -2.05. The Kier molecular flexibility index (Phi) is 4.61.